The number of carbonyl (C=O) groups excluding carboxylic acids is 1. The molecule has 4 nitrogen and oxygen atoms in total. The Kier molecular flexibility index (Phi) is 4.26. The van der Waals surface area contributed by atoms with Crippen molar-refractivity contribution in [3.05, 3.63) is 11.6 Å². The van der Waals surface area contributed by atoms with Crippen molar-refractivity contribution in [3.8, 4) is 0 Å². The lowest BCUT2D eigenvalue weighted by Crippen LogP contribution is -2.13. The third kappa shape index (κ3) is 3.83. The summed E-state index contributed by atoms with van der Waals surface area (Å²) in [5.41, 5.74) is 1.12. The van der Waals surface area contributed by atoms with Crippen LogP contribution in [0.4, 0.5) is 0 Å². The first kappa shape index (κ1) is 15.5. The Labute approximate surface area is 121 Å². The van der Waals surface area contributed by atoms with Gasteiger partial charge < -0.3 is 14.2 Å². The molecule has 2 fully saturated rings. The zero-order chi connectivity index (χ0) is 15.0. The summed E-state index contributed by atoms with van der Waals surface area (Å²) in [7, 11) is 1.40. The van der Waals surface area contributed by atoms with Crippen molar-refractivity contribution in [2.24, 2.45) is 0 Å². The van der Waals surface area contributed by atoms with Gasteiger partial charge in [-0.1, -0.05) is 5.57 Å². The predicted molar refractivity (Wildman–Crippen MR) is 76.5 cm³/mol. The summed E-state index contributed by atoms with van der Waals surface area (Å²) >= 11 is 0. The summed E-state index contributed by atoms with van der Waals surface area (Å²) < 4.78 is 16.0. The van der Waals surface area contributed by atoms with E-state index in [0.29, 0.717) is 12.2 Å². The summed E-state index contributed by atoms with van der Waals surface area (Å²) in [6, 6.07) is 0. The van der Waals surface area contributed by atoms with Crippen molar-refractivity contribution >= 4 is 5.97 Å². The summed E-state index contributed by atoms with van der Waals surface area (Å²) in [5.74, 6) is -0.282. The number of ether oxygens (including phenoxy) is 3. The molecule has 3 atom stereocenters. The van der Waals surface area contributed by atoms with Crippen LogP contribution >= 0.6 is 0 Å². The van der Waals surface area contributed by atoms with Crippen LogP contribution in [-0.4, -0.2) is 36.5 Å². The SMILES string of the molecule is COC(=O)/C=C(\C)CC[C@H]1O[C@]1(C)CC[C@@H]1OC1(C)C. The fourth-order valence-corrected chi connectivity index (χ4v) is 2.72. The zero-order valence-electron chi connectivity index (χ0n) is 13.2. The van der Waals surface area contributed by atoms with E-state index in [1.165, 1.54) is 7.11 Å². The molecular weight excluding hydrogens is 256 g/mol. The number of hydrogen-bond donors (Lipinski definition) is 0. The first-order valence-electron chi connectivity index (χ1n) is 7.37. The first-order valence-corrected chi connectivity index (χ1v) is 7.37. The van der Waals surface area contributed by atoms with E-state index in [9.17, 15) is 4.79 Å². The van der Waals surface area contributed by atoms with Crippen LogP contribution in [0.1, 0.15) is 53.4 Å². The fraction of sp³-hybridized carbons (Fsp3) is 0.812. The van der Waals surface area contributed by atoms with E-state index in [-0.39, 0.29) is 17.2 Å². The molecule has 0 saturated carbocycles. The molecule has 0 spiro atoms. The van der Waals surface area contributed by atoms with Gasteiger partial charge in [0, 0.05) is 6.08 Å². The molecule has 20 heavy (non-hydrogen) atoms. The summed E-state index contributed by atoms with van der Waals surface area (Å²) in [6.45, 7) is 8.39. The van der Waals surface area contributed by atoms with E-state index >= 15 is 0 Å². The lowest BCUT2D eigenvalue weighted by molar-refractivity contribution is -0.134. The highest BCUT2D eigenvalue weighted by atomic mass is 16.6. The molecule has 0 aromatic heterocycles. The monoisotopic (exact) mass is 282 g/mol. The minimum absolute atomic E-state index is 0.00752. The van der Waals surface area contributed by atoms with E-state index in [0.717, 1.165) is 31.3 Å². The molecule has 2 saturated heterocycles. The molecule has 0 aliphatic carbocycles. The van der Waals surface area contributed by atoms with Crippen LogP contribution in [0.5, 0.6) is 0 Å². The molecule has 0 radical (unpaired) electrons. The zero-order valence-corrected chi connectivity index (χ0v) is 13.2. The number of carbonyl (C=O) groups is 1. The molecule has 2 heterocycles. The second-order valence-electron chi connectivity index (χ2n) is 6.72. The molecule has 2 aliphatic heterocycles. The number of methoxy groups -OCH3 is 1. The van der Waals surface area contributed by atoms with Gasteiger partial charge in [0.05, 0.1) is 30.5 Å². The van der Waals surface area contributed by atoms with Crippen molar-refractivity contribution in [1.29, 1.82) is 0 Å². The molecule has 2 rings (SSSR count). The Morgan fingerprint density at radius 2 is 1.85 bits per heavy atom. The van der Waals surface area contributed by atoms with Crippen molar-refractivity contribution < 1.29 is 19.0 Å². The molecule has 114 valence electrons. The number of esters is 1. The van der Waals surface area contributed by atoms with E-state index in [1.54, 1.807) is 6.08 Å². The molecule has 0 bridgehead atoms. The minimum atomic E-state index is -0.282. The smallest absolute Gasteiger partial charge is 0.330 e. The van der Waals surface area contributed by atoms with Gasteiger partial charge in [0.15, 0.2) is 0 Å². The van der Waals surface area contributed by atoms with Crippen LogP contribution < -0.4 is 0 Å². The Morgan fingerprint density at radius 1 is 1.20 bits per heavy atom. The van der Waals surface area contributed by atoms with Crippen LogP contribution in [0.3, 0.4) is 0 Å². The summed E-state index contributed by atoms with van der Waals surface area (Å²) in [4.78, 5) is 11.1. The topological polar surface area (TPSA) is 51.4 Å². The van der Waals surface area contributed by atoms with Gasteiger partial charge in [-0.05, 0) is 53.4 Å². The number of hydrogen-bond acceptors (Lipinski definition) is 4. The van der Waals surface area contributed by atoms with Crippen LogP contribution in [0, 0.1) is 0 Å². The maximum atomic E-state index is 11.1. The van der Waals surface area contributed by atoms with Crippen LogP contribution in [0.2, 0.25) is 0 Å². The third-order valence-corrected chi connectivity index (χ3v) is 4.47. The average Bonchev–Trinajstić information content (AvgIpc) is 3.21. The van der Waals surface area contributed by atoms with Crippen molar-refractivity contribution in [2.45, 2.75) is 76.8 Å². The Morgan fingerprint density at radius 3 is 2.40 bits per heavy atom. The van der Waals surface area contributed by atoms with E-state index in [4.69, 9.17) is 9.47 Å². The lowest BCUT2D eigenvalue weighted by Gasteiger charge is -2.05. The van der Waals surface area contributed by atoms with Crippen molar-refractivity contribution in [1.82, 2.24) is 0 Å². The molecule has 0 aromatic rings. The number of epoxide rings is 2. The van der Waals surface area contributed by atoms with Gasteiger partial charge in [-0.15, -0.1) is 0 Å². The maximum absolute atomic E-state index is 11.1. The molecular formula is C16H26O4. The highest BCUT2D eigenvalue weighted by Gasteiger charge is 2.54. The van der Waals surface area contributed by atoms with Gasteiger partial charge >= 0.3 is 5.97 Å². The quantitative estimate of drug-likeness (QED) is 0.409. The van der Waals surface area contributed by atoms with Gasteiger partial charge in [-0.3, -0.25) is 0 Å². The minimum Gasteiger partial charge on any atom is -0.466 e. The Balaban J connectivity index is 1.66. The summed E-state index contributed by atoms with van der Waals surface area (Å²) in [5, 5.41) is 0. The van der Waals surface area contributed by atoms with Crippen LogP contribution in [0.15, 0.2) is 11.6 Å². The largest absolute Gasteiger partial charge is 0.466 e. The van der Waals surface area contributed by atoms with Gasteiger partial charge in [-0.25, -0.2) is 4.79 Å². The fourth-order valence-electron chi connectivity index (χ4n) is 2.72. The van der Waals surface area contributed by atoms with Gasteiger partial charge in [-0.2, -0.15) is 0 Å². The van der Waals surface area contributed by atoms with E-state index in [2.05, 4.69) is 25.5 Å². The van der Waals surface area contributed by atoms with Crippen molar-refractivity contribution in [2.75, 3.05) is 7.11 Å². The van der Waals surface area contributed by atoms with Crippen molar-refractivity contribution in [3.63, 3.8) is 0 Å². The number of rotatable bonds is 7. The summed E-state index contributed by atoms with van der Waals surface area (Å²) in [6.07, 6.45) is 6.21. The van der Waals surface area contributed by atoms with Gasteiger partial charge in [0.25, 0.3) is 0 Å². The standard InChI is InChI=1S/C16H26O4/c1-11(10-14(17)18-5)6-7-13-16(4,20-13)9-8-12-15(2,3)19-12/h10,12-13H,6-9H2,1-5H3/b11-10+/t12-,13+,16+/m0/s1. The lowest BCUT2D eigenvalue weighted by atomic mass is 9.94. The molecule has 2 aliphatic rings. The molecule has 0 aromatic carbocycles. The molecule has 0 amide bonds. The predicted octanol–water partition coefficient (Wildman–Crippen LogP) is 3.00. The second kappa shape index (κ2) is 5.49. The van der Waals surface area contributed by atoms with Gasteiger partial charge in [0.2, 0.25) is 0 Å². The Hall–Kier alpha value is -0.870. The van der Waals surface area contributed by atoms with E-state index < -0.39 is 0 Å². The Bertz CT molecular complexity index is 413. The molecule has 4 heteroatoms. The highest BCUT2D eigenvalue weighted by molar-refractivity contribution is 5.82. The molecule has 0 N–H and O–H groups in total. The number of allylic oxidation sites excluding steroid dienone is 1. The van der Waals surface area contributed by atoms with E-state index in [1.807, 2.05) is 6.92 Å². The normalized spacial score (nSPS) is 34.8. The first-order chi connectivity index (χ1) is 9.27. The van der Waals surface area contributed by atoms with Gasteiger partial charge in [0.1, 0.15) is 0 Å². The van der Waals surface area contributed by atoms with Crippen LogP contribution in [-0.2, 0) is 19.0 Å². The maximum Gasteiger partial charge on any atom is 0.330 e. The molecule has 0 unspecified atom stereocenters. The average molecular weight is 282 g/mol. The highest BCUT2D eigenvalue weighted by Crippen LogP contribution is 2.47. The van der Waals surface area contributed by atoms with Crippen LogP contribution in [0.25, 0.3) is 0 Å². The second-order valence-corrected chi connectivity index (χ2v) is 6.72. The third-order valence-electron chi connectivity index (χ3n) is 4.47.